The summed E-state index contributed by atoms with van der Waals surface area (Å²) in [5.41, 5.74) is 4.50. The quantitative estimate of drug-likeness (QED) is 0.615. The number of hydrogen-bond donors (Lipinski definition) is 2. The van der Waals surface area contributed by atoms with Crippen LogP contribution in [0, 0.1) is 17.8 Å². The smallest absolute Gasteiger partial charge is 0.407 e. The second-order valence-electron chi connectivity index (χ2n) is 8.76. The van der Waals surface area contributed by atoms with Gasteiger partial charge in [0, 0.05) is 25.4 Å². The number of alkyl carbamates (subject to hydrolysis) is 1. The van der Waals surface area contributed by atoms with Crippen LogP contribution < -0.4 is 5.32 Å². The van der Waals surface area contributed by atoms with Crippen molar-refractivity contribution in [1.29, 1.82) is 0 Å². The van der Waals surface area contributed by atoms with Crippen molar-refractivity contribution in [2.24, 2.45) is 5.92 Å². The molecule has 1 unspecified atom stereocenters. The highest BCUT2D eigenvalue weighted by molar-refractivity contribution is 5.86. The second-order valence-corrected chi connectivity index (χ2v) is 8.76. The predicted molar refractivity (Wildman–Crippen MR) is 127 cm³/mol. The van der Waals surface area contributed by atoms with Crippen LogP contribution >= 0.6 is 0 Å². The third-order valence-corrected chi connectivity index (χ3v) is 6.77. The lowest BCUT2D eigenvalue weighted by atomic mass is 9.79. The van der Waals surface area contributed by atoms with Crippen LogP contribution in [0.25, 0.3) is 11.1 Å². The average molecular weight is 461 g/mol. The molecule has 34 heavy (non-hydrogen) atoms. The van der Waals surface area contributed by atoms with Crippen LogP contribution in [-0.4, -0.2) is 53.7 Å². The van der Waals surface area contributed by atoms with E-state index >= 15 is 0 Å². The van der Waals surface area contributed by atoms with Gasteiger partial charge in [-0.05, 0) is 42.0 Å². The number of aliphatic carboxylic acids is 1. The number of carboxylic acids is 1. The molecule has 0 aliphatic heterocycles. The zero-order valence-electron chi connectivity index (χ0n) is 19.3. The van der Waals surface area contributed by atoms with E-state index in [2.05, 4.69) is 29.3 Å². The lowest BCUT2D eigenvalue weighted by molar-refractivity contribution is -0.150. The molecule has 0 radical (unpaired) electrons. The Labute approximate surface area is 199 Å². The van der Waals surface area contributed by atoms with Crippen molar-refractivity contribution in [3.63, 3.8) is 0 Å². The molecule has 0 aromatic heterocycles. The summed E-state index contributed by atoms with van der Waals surface area (Å²) in [6.07, 6.45) is 0.297. The van der Waals surface area contributed by atoms with E-state index in [0.717, 1.165) is 22.3 Å². The van der Waals surface area contributed by atoms with Crippen LogP contribution in [0.2, 0.25) is 0 Å². The lowest BCUT2D eigenvalue weighted by Gasteiger charge is -2.40. The van der Waals surface area contributed by atoms with E-state index in [1.54, 1.807) is 14.0 Å². The first-order chi connectivity index (χ1) is 16.4. The largest absolute Gasteiger partial charge is 0.481 e. The van der Waals surface area contributed by atoms with Crippen molar-refractivity contribution in [3.8, 4) is 23.0 Å². The first-order valence-corrected chi connectivity index (χ1v) is 11.4. The maximum atomic E-state index is 13.0. The van der Waals surface area contributed by atoms with Gasteiger partial charge in [0.15, 0.2) is 0 Å². The van der Waals surface area contributed by atoms with Crippen LogP contribution in [0.5, 0.6) is 0 Å². The number of amides is 2. The fourth-order valence-electron chi connectivity index (χ4n) is 4.72. The van der Waals surface area contributed by atoms with Crippen molar-refractivity contribution in [1.82, 2.24) is 10.2 Å². The van der Waals surface area contributed by atoms with Crippen LogP contribution in [0.15, 0.2) is 48.5 Å². The van der Waals surface area contributed by atoms with Crippen LogP contribution in [0.4, 0.5) is 4.79 Å². The molecule has 0 saturated heterocycles. The van der Waals surface area contributed by atoms with E-state index in [1.807, 2.05) is 36.4 Å². The Morgan fingerprint density at radius 2 is 1.68 bits per heavy atom. The molecular formula is C27H28N2O5. The van der Waals surface area contributed by atoms with E-state index in [1.165, 1.54) is 4.90 Å². The molecule has 0 heterocycles. The Hall–Kier alpha value is -3.79. The minimum absolute atomic E-state index is 0.0756. The molecule has 2 aromatic carbocycles. The molecule has 0 spiro atoms. The highest BCUT2D eigenvalue weighted by Gasteiger charge is 2.40. The Bertz CT molecular complexity index is 1110. The third kappa shape index (κ3) is 4.62. The summed E-state index contributed by atoms with van der Waals surface area (Å²) in [7, 11) is 1.64. The number of hydrogen-bond acceptors (Lipinski definition) is 4. The van der Waals surface area contributed by atoms with Gasteiger partial charge in [-0.15, -0.1) is 11.8 Å². The van der Waals surface area contributed by atoms with Gasteiger partial charge in [-0.2, -0.15) is 0 Å². The van der Waals surface area contributed by atoms with Gasteiger partial charge in [-0.3, -0.25) is 9.59 Å². The maximum absolute atomic E-state index is 13.0. The lowest BCUT2D eigenvalue weighted by Crippen LogP contribution is -2.54. The fraction of sp³-hybridized carbons (Fsp3) is 0.370. The average Bonchev–Trinajstić information content (AvgIpc) is 3.12. The topological polar surface area (TPSA) is 95.9 Å². The standard InChI is InChI=1S/C27H28N2O5/c1-3-4-13-24(25(30)29(2)18-14-17(15-18)26(31)32)28-27(33)34-16-23-21-11-7-5-9-19(21)20-10-6-8-12-22(20)23/h5-12,17-18,23-24H,13-16H2,1-2H3,(H,28,33)(H,31,32). The highest BCUT2D eigenvalue weighted by Crippen LogP contribution is 2.44. The second kappa shape index (κ2) is 10.0. The van der Waals surface area contributed by atoms with Crippen molar-refractivity contribution in [3.05, 3.63) is 59.7 Å². The number of nitrogens with zero attached hydrogens (tertiary/aromatic N) is 1. The van der Waals surface area contributed by atoms with Crippen molar-refractivity contribution >= 4 is 18.0 Å². The molecule has 1 saturated carbocycles. The molecule has 7 nitrogen and oxygen atoms in total. The molecule has 1 atom stereocenters. The minimum Gasteiger partial charge on any atom is -0.481 e. The molecule has 2 N–H and O–H groups in total. The Kier molecular flexibility index (Phi) is 6.87. The normalized spacial score (nSPS) is 18.9. The maximum Gasteiger partial charge on any atom is 0.407 e. The summed E-state index contributed by atoms with van der Waals surface area (Å²) in [5, 5.41) is 11.8. The van der Waals surface area contributed by atoms with Gasteiger partial charge in [0.05, 0.1) is 5.92 Å². The van der Waals surface area contributed by atoms with Gasteiger partial charge >= 0.3 is 12.1 Å². The van der Waals surface area contributed by atoms with Crippen molar-refractivity contribution in [2.75, 3.05) is 13.7 Å². The monoisotopic (exact) mass is 460 g/mol. The molecule has 4 rings (SSSR count). The van der Waals surface area contributed by atoms with Gasteiger partial charge in [-0.25, -0.2) is 4.79 Å². The first kappa shape index (κ1) is 23.4. The zero-order chi connectivity index (χ0) is 24.2. The molecule has 2 amide bonds. The predicted octanol–water partition coefficient (Wildman–Crippen LogP) is 3.63. The number of nitrogens with one attached hydrogen (secondary N) is 1. The number of ether oxygens (including phenoxy) is 1. The molecule has 7 heteroatoms. The summed E-state index contributed by atoms with van der Waals surface area (Å²) < 4.78 is 5.58. The number of likely N-dealkylation sites (N-methyl/N-ethyl adjacent to an activating group) is 1. The first-order valence-electron chi connectivity index (χ1n) is 11.4. The van der Waals surface area contributed by atoms with E-state index in [9.17, 15) is 14.4 Å². The molecule has 0 bridgehead atoms. The fourth-order valence-corrected chi connectivity index (χ4v) is 4.72. The van der Waals surface area contributed by atoms with E-state index < -0.39 is 24.0 Å². The molecule has 176 valence electrons. The Morgan fingerprint density at radius 3 is 2.24 bits per heavy atom. The SMILES string of the molecule is CC#CCC(NC(=O)OCC1c2ccccc2-c2ccccc21)C(=O)N(C)C1CC(C(=O)O)C1. The molecular weight excluding hydrogens is 432 g/mol. The molecule has 1 fully saturated rings. The van der Waals surface area contributed by atoms with Gasteiger partial charge in [-0.1, -0.05) is 48.5 Å². The minimum atomic E-state index is -0.864. The summed E-state index contributed by atoms with van der Waals surface area (Å²) in [6, 6.07) is 15.1. The van der Waals surface area contributed by atoms with Crippen LogP contribution in [0.3, 0.4) is 0 Å². The summed E-state index contributed by atoms with van der Waals surface area (Å²) in [4.78, 5) is 38.3. The highest BCUT2D eigenvalue weighted by atomic mass is 16.5. The summed E-state index contributed by atoms with van der Waals surface area (Å²) in [6.45, 7) is 1.82. The van der Waals surface area contributed by atoms with E-state index in [4.69, 9.17) is 9.84 Å². The summed E-state index contributed by atoms with van der Waals surface area (Å²) >= 11 is 0. The van der Waals surface area contributed by atoms with Crippen molar-refractivity contribution < 1.29 is 24.2 Å². The number of rotatable bonds is 7. The van der Waals surface area contributed by atoms with Gasteiger partial charge in [0.1, 0.15) is 12.6 Å². The Morgan fingerprint density at radius 1 is 1.09 bits per heavy atom. The molecule has 2 aliphatic carbocycles. The Balaban J connectivity index is 1.39. The third-order valence-electron chi connectivity index (χ3n) is 6.77. The van der Waals surface area contributed by atoms with Gasteiger partial charge in [0.25, 0.3) is 0 Å². The molecule has 2 aromatic rings. The number of carboxylic acid groups (broad SMARTS) is 1. The molecule has 2 aliphatic rings. The number of benzene rings is 2. The number of carbonyl (C=O) groups excluding carboxylic acids is 2. The van der Waals surface area contributed by atoms with Gasteiger partial charge < -0.3 is 20.1 Å². The number of carbonyl (C=O) groups is 3. The van der Waals surface area contributed by atoms with E-state index in [-0.39, 0.29) is 30.9 Å². The van der Waals surface area contributed by atoms with Crippen LogP contribution in [-0.2, 0) is 14.3 Å². The van der Waals surface area contributed by atoms with Crippen molar-refractivity contribution in [2.45, 2.75) is 44.2 Å². The van der Waals surface area contributed by atoms with Crippen LogP contribution in [0.1, 0.15) is 43.2 Å². The summed E-state index contributed by atoms with van der Waals surface area (Å²) in [5.74, 6) is 3.96. The zero-order valence-corrected chi connectivity index (χ0v) is 19.3. The van der Waals surface area contributed by atoms with E-state index in [0.29, 0.717) is 12.8 Å². The van der Waals surface area contributed by atoms with Gasteiger partial charge in [0.2, 0.25) is 5.91 Å². The number of fused-ring (bicyclic) bond motifs is 3.